The topological polar surface area (TPSA) is 66.4 Å². The van der Waals surface area contributed by atoms with Crippen molar-refractivity contribution >= 4 is 29.6 Å². The van der Waals surface area contributed by atoms with Gasteiger partial charge in [0, 0.05) is 17.6 Å². The van der Waals surface area contributed by atoms with Crippen molar-refractivity contribution in [2.45, 2.75) is 19.8 Å². The van der Waals surface area contributed by atoms with Gasteiger partial charge in [-0.15, -0.1) is 0 Å². The Labute approximate surface area is 123 Å². The van der Waals surface area contributed by atoms with E-state index in [0.29, 0.717) is 11.4 Å². The molecule has 0 heterocycles. The first-order chi connectivity index (χ1) is 9.52. The largest absolute Gasteiger partial charge is 0.481 e. The predicted octanol–water partition coefficient (Wildman–Crippen LogP) is 2.97. The predicted molar refractivity (Wildman–Crippen MR) is 79.5 cm³/mol. The van der Waals surface area contributed by atoms with Gasteiger partial charge in [0.05, 0.1) is 5.92 Å². The van der Waals surface area contributed by atoms with E-state index in [1.165, 1.54) is 6.08 Å². The van der Waals surface area contributed by atoms with Crippen molar-refractivity contribution in [3.05, 3.63) is 40.9 Å². The fourth-order valence-corrected chi connectivity index (χ4v) is 1.82. The first-order valence-corrected chi connectivity index (χ1v) is 6.85. The summed E-state index contributed by atoms with van der Waals surface area (Å²) in [7, 11) is 0. The molecule has 5 heteroatoms. The van der Waals surface area contributed by atoms with Crippen molar-refractivity contribution in [3.8, 4) is 0 Å². The minimum Gasteiger partial charge on any atom is -0.481 e. The molecule has 20 heavy (non-hydrogen) atoms. The Morgan fingerprint density at radius 2 is 2.00 bits per heavy atom. The molecular weight excluding hydrogens is 278 g/mol. The fourth-order valence-electron chi connectivity index (χ4n) is 1.69. The van der Waals surface area contributed by atoms with Crippen LogP contribution in [0.5, 0.6) is 0 Å². The van der Waals surface area contributed by atoms with Gasteiger partial charge in [-0.25, -0.2) is 0 Å². The number of aliphatic carboxylic acids is 1. The molecule has 0 aliphatic carbocycles. The molecule has 1 rings (SSSR count). The Hall–Kier alpha value is -1.81. The third kappa shape index (κ3) is 5.89. The second-order valence-corrected chi connectivity index (χ2v) is 4.89. The Morgan fingerprint density at radius 1 is 1.35 bits per heavy atom. The highest BCUT2D eigenvalue weighted by atomic mass is 35.5. The van der Waals surface area contributed by atoms with Gasteiger partial charge in [0.25, 0.3) is 0 Å². The summed E-state index contributed by atoms with van der Waals surface area (Å²) in [6, 6.07) is 7.06. The number of carboxylic acid groups (broad SMARTS) is 1. The van der Waals surface area contributed by atoms with Crippen LogP contribution in [0, 0.1) is 5.92 Å². The van der Waals surface area contributed by atoms with Gasteiger partial charge in [-0.1, -0.05) is 37.1 Å². The number of rotatable bonds is 7. The van der Waals surface area contributed by atoms with Crippen LogP contribution in [0.2, 0.25) is 5.02 Å². The molecule has 1 amide bonds. The molecular formula is C15H18ClNO3. The third-order valence-corrected chi connectivity index (χ3v) is 3.06. The van der Waals surface area contributed by atoms with Crippen LogP contribution in [0.25, 0.3) is 6.08 Å². The highest BCUT2D eigenvalue weighted by Gasteiger charge is 2.16. The monoisotopic (exact) mass is 295 g/mol. The van der Waals surface area contributed by atoms with E-state index in [1.807, 2.05) is 6.92 Å². The Morgan fingerprint density at radius 3 is 2.55 bits per heavy atom. The van der Waals surface area contributed by atoms with Crippen molar-refractivity contribution < 1.29 is 14.7 Å². The molecule has 0 aromatic heterocycles. The molecule has 1 atom stereocenters. The van der Waals surface area contributed by atoms with Crippen LogP contribution in [0.4, 0.5) is 0 Å². The number of halogens is 1. The van der Waals surface area contributed by atoms with Crippen LogP contribution in [-0.2, 0) is 9.59 Å². The summed E-state index contributed by atoms with van der Waals surface area (Å²) in [5, 5.41) is 12.2. The van der Waals surface area contributed by atoms with E-state index < -0.39 is 11.9 Å². The van der Waals surface area contributed by atoms with Crippen molar-refractivity contribution in [1.29, 1.82) is 0 Å². The number of nitrogens with one attached hydrogen (secondary N) is 1. The van der Waals surface area contributed by atoms with Crippen molar-refractivity contribution in [2.24, 2.45) is 5.92 Å². The summed E-state index contributed by atoms with van der Waals surface area (Å²) >= 11 is 5.76. The van der Waals surface area contributed by atoms with E-state index in [9.17, 15) is 9.59 Å². The lowest BCUT2D eigenvalue weighted by molar-refractivity contribution is -0.141. The van der Waals surface area contributed by atoms with Crippen molar-refractivity contribution in [2.75, 3.05) is 6.54 Å². The maximum atomic E-state index is 11.6. The van der Waals surface area contributed by atoms with E-state index >= 15 is 0 Å². The molecule has 1 aromatic carbocycles. The molecule has 0 saturated carbocycles. The summed E-state index contributed by atoms with van der Waals surface area (Å²) in [5.41, 5.74) is 0.855. The smallest absolute Gasteiger partial charge is 0.308 e. The van der Waals surface area contributed by atoms with Crippen LogP contribution in [0.3, 0.4) is 0 Å². The zero-order valence-corrected chi connectivity index (χ0v) is 12.1. The first kappa shape index (κ1) is 16.2. The van der Waals surface area contributed by atoms with E-state index in [0.717, 1.165) is 12.0 Å². The van der Waals surface area contributed by atoms with E-state index in [2.05, 4.69) is 5.32 Å². The molecule has 1 aromatic rings. The molecule has 0 radical (unpaired) electrons. The third-order valence-electron chi connectivity index (χ3n) is 2.81. The molecule has 108 valence electrons. The number of hydrogen-bond acceptors (Lipinski definition) is 2. The van der Waals surface area contributed by atoms with Gasteiger partial charge in [0.15, 0.2) is 0 Å². The van der Waals surface area contributed by atoms with Gasteiger partial charge in [-0.05, 0) is 30.2 Å². The lowest BCUT2D eigenvalue weighted by atomic mass is 10.0. The second kappa shape index (κ2) is 8.38. The zero-order valence-electron chi connectivity index (χ0n) is 11.3. The minimum atomic E-state index is -0.881. The summed E-state index contributed by atoms with van der Waals surface area (Å²) in [5.74, 6) is -1.72. The Balaban J connectivity index is 2.46. The van der Waals surface area contributed by atoms with Gasteiger partial charge in [-0.2, -0.15) is 0 Å². The number of carboxylic acids is 1. The summed E-state index contributed by atoms with van der Waals surface area (Å²) in [6.07, 6.45) is 4.36. The SMILES string of the molecule is CCCC(CNC(=O)C=Cc1ccc(Cl)cc1)C(=O)O. The van der Waals surface area contributed by atoms with E-state index in [1.54, 1.807) is 30.3 Å². The van der Waals surface area contributed by atoms with Gasteiger partial charge in [0.2, 0.25) is 5.91 Å². The quantitative estimate of drug-likeness (QED) is 0.760. The average Bonchev–Trinajstić information content (AvgIpc) is 2.42. The number of hydrogen-bond donors (Lipinski definition) is 2. The second-order valence-electron chi connectivity index (χ2n) is 4.45. The molecule has 2 N–H and O–H groups in total. The van der Waals surface area contributed by atoms with Gasteiger partial charge in [0.1, 0.15) is 0 Å². The van der Waals surface area contributed by atoms with Gasteiger partial charge >= 0.3 is 5.97 Å². The Bertz CT molecular complexity index is 482. The molecule has 4 nitrogen and oxygen atoms in total. The van der Waals surface area contributed by atoms with Crippen LogP contribution in [-0.4, -0.2) is 23.5 Å². The molecule has 0 bridgehead atoms. The van der Waals surface area contributed by atoms with Crippen molar-refractivity contribution in [1.82, 2.24) is 5.32 Å². The summed E-state index contributed by atoms with van der Waals surface area (Å²) < 4.78 is 0. The summed E-state index contributed by atoms with van der Waals surface area (Å²) in [6.45, 7) is 2.06. The lowest BCUT2D eigenvalue weighted by Gasteiger charge is -2.10. The summed E-state index contributed by atoms with van der Waals surface area (Å²) in [4.78, 5) is 22.5. The maximum absolute atomic E-state index is 11.6. The van der Waals surface area contributed by atoms with Crippen molar-refractivity contribution in [3.63, 3.8) is 0 Å². The highest BCUT2D eigenvalue weighted by molar-refractivity contribution is 6.30. The number of amides is 1. The molecule has 0 saturated heterocycles. The lowest BCUT2D eigenvalue weighted by Crippen LogP contribution is -2.31. The number of carbonyl (C=O) groups is 2. The standard InChI is InChI=1S/C15H18ClNO3/c1-2-3-12(15(19)20)10-17-14(18)9-6-11-4-7-13(16)8-5-11/h4-9,12H,2-3,10H2,1H3,(H,17,18)(H,19,20). The van der Waals surface area contributed by atoms with Crippen LogP contribution < -0.4 is 5.32 Å². The van der Waals surface area contributed by atoms with E-state index in [4.69, 9.17) is 16.7 Å². The average molecular weight is 296 g/mol. The van der Waals surface area contributed by atoms with Crippen LogP contribution in [0.15, 0.2) is 30.3 Å². The molecule has 0 aliphatic rings. The molecule has 0 fully saturated rings. The fraction of sp³-hybridized carbons (Fsp3) is 0.333. The maximum Gasteiger partial charge on any atom is 0.308 e. The first-order valence-electron chi connectivity index (χ1n) is 6.47. The van der Waals surface area contributed by atoms with Gasteiger partial charge in [-0.3, -0.25) is 9.59 Å². The molecule has 1 unspecified atom stereocenters. The van der Waals surface area contributed by atoms with E-state index in [-0.39, 0.29) is 12.5 Å². The van der Waals surface area contributed by atoms with Gasteiger partial charge < -0.3 is 10.4 Å². The zero-order chi connectivity index (χ0) is 15.0. The number of benzene rings is 1. The normalized spacial score (nSPS) is 12.3. The molecule has 0 aliphatic heterocycles. The molecule has 0 spiro atoms. The van der Waals surface area contributed by atoms with Crippen LogP contribution >= 0.6 is 11.6 Å². The minimum absolute atomic E-state index is 0.146. The number of carbonyl (C=O) groups excluding carboxylic acids is 1. The van der Waals surface area contributed by atoms with Crippen LogP contribution in [0.1, 0.15) is 25.3 Å². The Kier molecular flexibility index (Phi) is 6.81. The highest BCUT2D eigenvalue weighted by Crippen LogP contribution is 2.10.